The third-order valence-corrected chi connectivity index (χ3v) is 3.98. The van der Waals surface area contributed by atoms with E-state index in [1.54, 1.807) is 6.20 Å². The average molecular weight is 292 g/mol. The summed E-state index contributed by atoms with van der Waals surface area (Å²) in [6, 6.07) is 15.6. The van der Waals surface area contributed by atoms with Gasteiger partial charge < -0.3 is 5.32 Å². The number of allylic oxidation sites excluding steroid dienone is 2. The number of carbonyl (C=O) groups excluding carboxylic acids is 1. The molecule has 3 rings (SSSR count). The highest BCUT2D eigenvalue weighted by Gasteiger charge is 2.20. The molecule has 1 heterocycles. The molecule has 0 saturated heterocycles. The molecule has 3 nitrogen and oxygen atoms in total. The monoisotopic (exact) mass is 292 g/mol. The molecule has 0 aliphatic heterocycles. The zero-order valence-corrected chi connectivity index (χ0v) is 12.5. The highest BCUT2D eigenvalue weighted by atomic mass is 16.1. The summed E-state index contributed by atoms with van der Waals surface area (Å²) in [5.74, 6) is 0.455. The van der Waals surface area contributed by atoms with Crippen molar-refractivity contribution < 1.29 is 4.79 Å². The molecule has 22 heavy (non-hydrogen) atoms. The molecule has 1 aliphatic rings. The van der Waals surface area contributed by atoms with E-state index in [1.807, 2.05) is 48.5 Å². The first-order valence-electron chi connectivity index (χ1n) is 7.75. The molecular formula is C19H20N2O. The van der Waals surface area contributed by atoms with Gasteiger partial charge >= 0.3 is 0 Å². The zero-order chi connectivity index (χ0) is 15.2. The molecule has 0 bridgehead atoms. The van der Waals surface area contributed by atoms with Crippen molar-refractivity contribution in [2.45, 2.75) is 25.3 Å². The van der Waals surface area contributed by atoms with E-state index in [2.05, 4.69) is 22.5 Å². The van der Waals surface area contributed by atoms with E-state index in [1.165, 1.54) is 0 Å². The van der Waals surface area contributed by atoms with Crippen LogP contribution in [0.4, 0.5) is 0 Å². The van der Waals surface area contributed by atoms with E-state index >= 15 is 0 Å². The van der Waals surface area contributed by atoms with Crippen LogP contribution in [0.1, 0.15) is 36.6 Å². The predicted octanol–water partition coefficient (Wildman–Crippen LogP) is 3.64. The first-order chi connectivity index (χ1) is 10.8. The van der Waals surface area contributed by atoms with Crippen molar-refractivity contribution in [1.82, 2.24) is 10.3 Å². The largest absolute Gasteiger partial charge is 0.344 e. The molecule has 0 spiro atoms. The minimum absolute atomic E-state index is 0.0797. The van der Waals surface area contributed by atoms with Crippen LogP contribution in [0, 0.1) is 5.92 Å². The van der Waals surface area contributed by atoms with Crippen LogP contribution in [0.25, 0.3) is 0 Å². The number of nitrogens with one attached hydrogen (secondary N) is 1. The highest BCUT2D eigenvalue weighted by molar-refractivity contribution is 5.77. The number of rotatable bonds is 5. The minimum Gasteiger partial charge on any atom is -0.344 e. The summed E-state index contributed by atoms with van der Waals surface area (Å²) in [6.07, 6.45) is 8.78. The number of hydrogen-bond acceptors (Lipinski definition) is 2. The maximum Gasteiger partial charge on any atom is 0.221 e. The second-order valence-corrected chi connectivity index (χ2v) is 5.64. The Labute approximate surface area is 131 Å². The van der Waals surface area contributed by atoms with Crippen LogP contribution in [0.3, 0.4) is 0 Å². The number of aromatic nitrogens is 1. The molecule has 2 aromatic rings. The molecule has 1 N–H and O–H groups in total. The fraction of sp³-hybridized carbons (Fsp3) is 0.263. The maximum absolute atomic E-state index is 12.4. The van der Waals surface area contributed by atoms with E-state index in [-0.39, 0.29) is 11.9 Å². The predicted molar refractivity (Wildman–Crippen MR) is 87.1 cm³/mol. The number of pyridine rings is 1. The van der Waals surface area contributed by atoms with E-state index in [0.29, 0.717) is 12.3 Å². The lowest BCUT2D eigenvalue weighted by Gasteiger charge is -2.19. The first-order valence-corrected chi connectivity index (χ1v) is 7.75. The molecule has 1 aliphatic carbocycles. The van der Waals surface area contributed by atoms with Crippen molar-refractivity contribution in [3.8, 4) is 0 Å². The van der Waals surface area contributed by atoms with Gasteiger partial charge in [-0.1, -0.05) is 48.6 Å². The fourth-order valence-corrected chi connectivity index (χ4v) is 2.84. The van der Waals surface area contributed by atoms with Crippen molar-refractivity contribution in [3.63, 3.8) is 0 Å². The Bertz CT molecular complexity index is 597. The SMILES string of the molecule is O=C(CC1C=CCC1)NC(c1ccccc1)c1ccccn1. The molecule has 112 valence electrons. The van der Waals surface area contributed by atoms with Crippen LogP contribution in [0.5, 0.6) is 0 Å². The van der Waals surface area contributed by atoms with Gasteiger partial charge in [0, 0.05) is 12.6 Å². The number of amides is 1. The van der Waals surface area contributed by atoms with Gasteiger partial charge in [0.1, 0.15) is 0 Å². The van der Waals surface area contributed by atoms with Crippen LogP contribution < -0.4 is 5.32 Å². The van der Waals surface area contributed by atoms with E-state index in [4.69, 9.17) is 0 Å². The Hall–Kier alpha value is -2.42. The van der Waals surface area contributed by atoms with Crippen LogP contribution in [-0.4, -0.2) is 10.9 Å². The van der Waals surface area contributed by atoms with Crippen molar-refractivity contribution in [3.05, 3.63) is 78.1 Å². The van der Waals surface area contributed by atoms with Gasteiger partial charge in [0.05, 0.1) is 11.7 Å². The molecule has 2 atom stereocenters. The van der Waals surface area contributed by atoms with Crippen LogP contribution in [0.2, 0.25) is 0 Å². The number of benzene rings is 1. The number of hydrogen-bond donors (Lipinski definition) is 1. The molecule has 1 aromatic carbocycles. The van der Waals surface area contributed by atoms with Gasteiger partial charge in [-0.05, 0) is 36.5 Å². The Morgan fingerprint density at radius 3 is 2.68 bits per heavy atom. The number of nitrogens with zero attached hydrogens (tertiary/aromatic N) is 1. The smallest absolute Gasteiger partial charge is 0.221 e. The molecule has 1 amide bonds. The Morgan fingerprint density at radius 2 is 2.00 bits per heavy atom. The van der Waals surface area contributed by atoms with Gasteiger partial charge in [0.2, 0.25) is 5.91 Å². The summed E-state index contributed by atoms with van der Waals surface area (Å²) < 4.78 is 0. The summed E-state index contributed by atoms with van der Waals surface area (Å²) in [5.41, 5.74) is 1.92. The van der Waals surface area contributed by atoms with Crippen molar-refractivity contribution in [1.29, 1.82) is 0 Å². The molecule has 3 heteroatoms. The van der Waals surface area contributed by atoms with Gasteiger partial charge in [-0.15, -0.1) is 0 Å². The van der Waals surface area contributed by atoms with Gasteiger partial charge in [-0.25, -0.2) is 0 Å². The van der Waals surface area contributed by atoms with Crippen molar-refractivity contribution in [2.24, 2.45) is 5.92 Å². The average Bonchev–Trinajstić information content (AvgIpc) is 3.07. The topological polar surface area (TPSA) is 42.0 Å². The van der Waals surface area contributed by atoms with Crippen LogP contribution in [0.15, 0.2) is 66.9 Å². The maximum atomic E-state index is 12.4. The highest BCUT2D eigenvalue weighted by Crippen LogP contribution is 2.23. The van der Waals surface area contributed by atoms with Crippen LogP contribution >= 0.6 is 0 Å². The summed E-state index contributed by atoms with van der Waals surface area (Å²) >= 11 is 0. The Balaban J connectivity index is 1.77. The quantitative estimate of drug-likeness (QED) is 0.855. The summed E-state index contributed by atoms with van der Waals surface area (Å²) in [5, 5.41) is 3.14. The Kier molecular flexibility index (Phi) is 4.64. The summed E-state index contributed by atoms with van der Waals surface area (Å²) in [6.45, 7) is 0. The van der Waals surface area contributed by atoms with Crippen molar-refractivity contribution >= 4 is 5.91 Å². The molecule has 1 aromatic heterocycles. The fourth-order valence-electron chi connectivity index (χ4n) is 2.84. The lowest BCUT2D eigenvalue weighted by atomic mass is 10.0. The van der Waals surface area contributed by atoms with Gasteiger partial charge in [-0.2, -0.15) is 0 Å². The van der Waals surface area contributed by atoms with Gasteiger partial charge in [-0.3, -0.25) is 9.78 Å². The van der Waals surface area contributed by atoms with Crippen LogP contribution in [-0.2, 0) is 4.79 Å². The van der Waals surface area contributed by atoms with Gasteiger partial charge in [0.25, 0.3) is 0 Å². The number of carbonyl (C=O) groups is 1. The molecule has 0 saturated carbocycles. The molecular weight excluding hydrogens is 272 g/mol. The van der Waals surface area contributed by atoms with Gasteiger partial charge in [0.15, 0.2) is 0 Å². The summed E-state index contributed by atoms with van der Waals surface area (Å²) in [4.78, 5) is 16.8. The Morgan fingerprint density at radius 1 is 1.18 bits per heavy atom. The van der Waals surface area contributed by atoms with E-state index in [0.717, 1.165) is 24.1 Å². The minimum atomic E-state index is -0.194. The third-order valence-electron chi connectivity index (χ3n) is 3.98. The van der Waals surface area contributed by atoms with E-state index < -0.39 is 0 Å². The zero-order valence-electron chi connectivity index (χ0n) is 12.5. The molecule has 0 radical (unpaired) electrons. The lowest BCUT2D eigenvalue weighted by Crippen LogP contribution is -2.30. The molecule has 0 fully saturated rings. The van der Waals surface area contributed by atoms with Crippen molar-refractivity contribution in [2.75, 3.05) is 0 Å². The second kappa shape index (κ2) is 7.03. The third kappa shape index (κ3) is 3.61. The first kappa shape index (κ1) is 14.5. The lowest BCUT2D eigenvalue weighted by molar-refractivity contribution is -0.122. The summed E-state index contributed by atoms with van der Waals surface area (Å²) in [7, 11) is 0. The molecule has 2 unspecified atom stereocenters. The standard InChI is InChI=1S/C19H20N2O/c22-18(14-15-8-4-5-9-15)21-19(16-10-2-1-3-11-16)17-12-6-7-13-20-17/h1-4,6-8,10-13,15,19H,5,9,14H2,(H,21,22). The normalized spacial score (nSPS) is 18.1. The van der Waals surface area contributed by atoms with E-state index in [9.17, 15) is 4.79 Å². The second-order valence-electron chi connectivity index (χ2n) is 5.64.